The summed E-state index contributed by atoms with van der Waals surface area (Å²) in [6, 6.07) is 3.01. The lowest BCUT2D eigenvalue weighted by Gasteiger charge is -1.95. The summed E-state index contributed by atoms with van der Waals surface area (Å²) >= 11 is 1.91. The second kappa shape index (κ2) is 2.58. The highest BCUT2D eigenvalue weighted by atomic mass is 127. The standard InChI is InChI=1S/C7H5FIN3/c8-3-1-2-4-5(6(3)9)7(10)12-11-4/h1-2H,(H3,10,11,12). The van der Waals surface area contributed by atoms with Crippen LogP contribution in [0, 0.1) is 9.39 Å². The average molecular weight is 277 g/mol. The van der Waals surface area contributed by atoms with Crippen LogP contribution in [-0.2, 0) is 0 Å². The molecule has 3 nitrogen and oxygen atoms in total. The van der Waals surface area contributed by atoms with Gasteiger partial charge < -0.3 is 5.73 Å². The van der Waals surface area contributed by atoms with Gasteiger partial charge in [-0.1, -0.05) is 0 Å². The number of anilines is 1. The molecular weight excluding hydrogens is 272 g/mol. The van der Waals surface area contributed by atoms with Gasteiger partial charge in [0.1, 0.15) is 5.82 Å². The molecule has 5 heteroatoms. The minimum absolute atomic E-state index is 0.267. The van der Waals surface area contributed by atoms with Crippen LogP contribution in [0.1, 0.15) is 0 Å². The van der Waals surface area contributed by atoms with E-state index in [9.17, 15) is 4.39 Å². The van der Waals surface area contributed by atoms with Crippen molar-refractivity contribution < 1.29 is 4.39 Å². The van der Waals surface area contributed by atoms with Gasteiger partial charge in [-0.3, -0.25) is 5.10 Å². The lowest BCUT2D eigenvalue weighted by molar-refractivity contribution is 0.623. The number of aromatic nitrogens is 2. The fourth-order valence-electron chi connectivity index (χ4n) is 1.07. The molecule has 0 saturated heterocycles. The molecule has 2 aromatic rings. The number of halogens is 2. The zero-order chi connectivity index (χ0) is 8.72. The Morgan fingerprint density at radius 3 is 3.00 bits per heavy atom. The average Bonchev–Trinajstić information content (AvgIpc) is 2.41. The van der Waals surface area contributed by atoms with Gasteiger partial charge in [-0.05, 0) is 34.7 Å². The number of nitrogens with zero attached hydrogens (tertiary/aromatic N) is 1. The molecule has 0 unspecified atom stereocenters. The van der Waals surface area contributed by atoms with Crippen molar-refractivity contribution >= 4 is 39.3 Å². The molecule has 0 aliphatic carbocycles. The van der Waals surface area contributed by atoms with Crippen LogP contribution >= 0.6 is 22.6 Å². The topological polar surface area (TPSA) is 54.7 Å². The first-order chi connectivity index (χ1) is 5.70. The molecule has 12 heavy (non-hydrogen) atoms. The molecule has 0 aliphatic heterocycles. The van der Waals surface area contributed by atoms with Gasteiger partial charge in [-0.25, -0.2) is 4.39 Å². The number of fused-ring (bicyclic) bond motifs is 1. The first-order valence-corrected chi connectivity index (χ1v) is 4.35. The van der Waals surface area contributed by atoms with Crippen molar-refractivity contribution in [2.45, 2.75) is 0 Å². The Labute approximate surface area is 81.3 Å². The molecule has 0 amide bonds. The van der Waals surface area contributed by atoms with Crippen molar-refractivity contribution in [1.29, 1.82) is 0 Å². The highest BCUT2D eigenvalue weighted by Crippen LogP contribution is 2.25. The van der Waals surface area contributed by atoms with Gasteiger partial charge in [0.05, 0.1) is 14.5 Å². The van der Waals surface area contributed by atoms with Gasteiger partial charge in [0.2, 0.25) is 0 Å². The predicted molar refractivity (Wildman–Crippen MR) is 53.2 cm³/mol. The maximum absolute atomic E-state index is 13.0. The number of nitrogens with one attached hydrogen (secondary N) is 1. The summed E-state index contributed by atoms with van der Waals surface area (Å²) in [5.41, 5.74) is 6.29. The Morgan fingerprint density at radius 2 is 2.25 bits per heavy atom. The molecule has 0 aliphatic rings. The maximum atomic E-state index is 13.0. The number of H-pyrrole nitrogens is 1. The first-order valence-electron chi connectivity index (χ1n) is 3.27. The summed E-state index contributed by atoms with van der Waals surface area (Å²) in [5, 5.41) is 7.15. The van der Waals surface area contributed by atoms with Crippen LogP contribution in [0.2, 0.25) is 0 Å². The van der Waals surface area contributed by atoms with E-state index >= 15 is 0 Å². The molecule has 62 valence electrons. The second-order valence-corrected chi connectivity index (χ2v) is 3.47. The zero-order valence-electron chi connectivity index (χ0n) is 5.94. The normalized spacial score (nSPS) is 10.8. The number of rotatable bonds is 0. The van der Waals surface area contributed by atoms with Crippen LogP contribution in [0.5, 0.6) is 0 Å². The second-order valence-electron chi connectivity index (χ2n) is 2.39. The predicted octanol–water partition coefficient (Wildman–Crippen LogP) is 1.89. The highest BCUT2D eigenvalue weighted by molar-refractivity contribution is 14.1. The molecule has 0 saturated carbocycles. The molecule has 1 aromatic carbocycles. The summed E-state index contributed by atoms with van der Waals surface area (Å²) in [4.78, 5) is 0. The van der Waals surface area contributed by atoms with Crippen molar-refractivity contribution in [2.24, 2.45) is 0 Å². The summed E-state index contributed by atoms with van der Waals surface area (Å²) in [6.07, 6.45) is 0. The van der Waals surface area contributed by atoms with Crippen molar-refractivity contribution in [2.75, 3.05) is 5.73 Å². The smallest absolute Gasteiger partial charge is 0.154 e. The summed E-state index contributed by atoms with van der Waals surface area (Å²) in [7, 11) is 0. The van der Waals surface area contributed by atoms with E-state index in [-0.39, 0.29) is 5.82 Å². The van der Waals surface area contributed by atoms with E-state index in [1.807, 2.05) is 22.6 Å². The molecule has 0 bridgehead atoms. The van der Waals surface area contributed by atoms with Crippen LogP contribution in [0.4, 0.5) is 10.2 Å². The van der Waals surface area contributed by atoms with Crippen molar-refractivity contribution in [3.05, 3.63) is 21.5 Å². The highest BCUT2D eigenvalue weighted by Gasteiger charge is 2.09. The minimum atomic E-state index is -0.267. The molecule has 1 aromatic heterocycles. The Kier molecular flexibility index (Phi) is 1.67. The minimum Gasteiger partial charge on any atom is -0.382 e. The summed E-state index contributed by atoms with van der Waals surface area (Å²) in [6.45, 7) is 0. The van der Waals surface area contributed by atoms with Crippen molar-refractivity contribution in [3.8, 4) is 0 Å². The van der Waals surface area contributed by atoms with Gasteiger partial charge in [-0.2, -0.15) is 5.10 Å². The van der Waals surface area contributed by atoms with Gasteiger partial charge in [0, 0.05) is 0 Å². The quantitative estimate of drug-likeness (QED) is 0.722. The summed E-state index contributed by atoms with van der Waals surface area (Å²) in [5.74, 6) is 0.0742. The summed E-state index contributed by atoms with van der Waals surface area (Å²) < 4.78 is 13.5. The third-order valence-corrected chi connectivity index (χ3v) is 2.70. The van der Waals surface area contributed by atoms with Crippen LogP contribution < -0.4 is 5.73 Å². The van der Waals surface area contributed by atoms with E-state index in [0.29, 0.717) is 14.8 Å². The molecule has 3 N–H and O–H groups in total. The van der Waals surface area contributed by atoms with E-state index < -0.39 is 0 Å². The maximum Gasteiger partial charge on any atom is 0.154 e. The Bertz CT molecular complexity index is 437. The number of nitrogen functional groups attached to an aromatic ring is 1. The van der Waals surface area contributed by atoms with E-state index in [0.717, 1.165) is 5.52 Å². The third-order valence-electron chi connectivity index (χ3n) is 1.65. The lowest BCUT2D eigenvalue weighted by Crippen LogP contribution is -1.87. The first kappa shape index (κ1) is 7.78. The SMILES string of the molecule is Nc1n[nH]c2ccc(F)c(I)c12. The monoisotopic (exact) mass is 277 g/mol. The zero-order valence-corrected chi connectivity index (χ0v) is 8.09. The fourth-order valence-corrected chi connectivity index (χ4v) is 1.82. The molecule has 2 rings (SSSR count). The Hall–Kier alpha value is -0.850. The van der Waals surface area contributed by atoms with Crippen LogP contribution in [0.15, 0.2) is 12.1 Å². The molecule has 0 atom stereocenters. The van der Waals surface area contributed by atoms with E-state index in [1.54, 1.807) is 6.07 Å². The Balaban J connectivity index is 2.96. The molecule has 1 heterocycles. The number of hydrogen-bond donors (Lipinski definition) is 2. The van der Waals surface area contributed by atoms with E-state index in [4.69, 9.17) is 5.73 Å². The van der Waals surface area contributed by atoms with Gasteiger partial charge in [0.15, 0.2) is 5.82 Å². The third kappa shape index (κ3) is 0.961. The fraction of sp³-hybridized carbons (Fsp3) is 0. The lowest BCUT2D eigenvalue weighted by atomic mass is 10.2. The number of hydrogen-bond acceptors (Lipinski definition) is 2. The van der Waals surface area contributed by atoms with Crippen LogP contribution in [0.25, 0.3) is 10.9 Å². The molecule has 0 radical (unpaired) electrons. The van der Waals surface area contributed by atoms with Crippen molar-refractivity contribution in [1.82, 2.24) is 10.2 Å². The largest absolute Gasteiger partial charge is 0.382 e. The van der Waals surface area contributed by atoms with E-state index in [2.05, 4.69) is 10.2 Å². The molecule has 0 spiro atoms. The van der Waals surface area contributed by atoms with Crippen LogP contribution in [-0.4, -0.2) is 10.2 Å². The number of benzene rings is 1. The van der Waals surface area contributed by atoms with Gasteiger partial charge in [-0.15, -0.1) is 0 Å². The molecular formula is C7H5FIN3. The number of nitrogens with two attached hydrogens (primary N) is 1. The van der Waals surface area contributed by atoms with Gasteiger partial charge in [0.25, 0.3) is 0 Å². The number of aromatic amines is 1. The van der Waals surface area contributed by atoms with Crippen LogP contribution in [0.3, 0.4) is 0 Å². The van der Waals surface area contributed by atoms with Gasteiger partial charge >= 0.3 is 0 Å². The van der Waals surface area contributed by atoms with Crippen molar-refractivity contribution in [3.63, 3.8) is 0 Å². The Morgan fingerprint density at radius 1 is 1.50 bits per heavy atom. The van der Waals surface area contributed by atoms with E-state index in [1.165, 1.54) is 6.07 Å². The molecule has 0 fully saturated rings.